The molecule has 0 radical (unpaired) electrons. The van der Waals surface area contributed by atoms with Crippen molar-refractivity contribution in [2.75, 3.05) is 27.2 Å². The third-order valence-electron chi connectivity index (χ3n) is 7.44. The Morgan fingerprint density at radius 3 is 2.45 bits per heavy atom. The summed E-state index contributed by atoms with van der Waals surface area (Å²) in [4.78, 5) is 30.2. The van der Waals surface area contributed by atoms with Crippen LogP contribution in [-0.4, -0.2) is 48.8 Å². The summed E-state index contributed by atoms with van der Waals surface area (Å²) in [5.41, 5.74) is 4.39. The van der Waals surface area contributed by atoms with Gasteiger partial charge in [0, 0.05) is 33.1 Å². The van der Waals surface area contributed by atoms with Crippen LogP contribution in [0.2, 0.25) is 0 Å². The second-order valence-electron chi connectivity index (χ2n) is 9.98. The zero-order chi connectivity index (χ0) is 23.4. The minimum Gasteiger partial charge on any atom is -0.348 e. The number of piperidine rings is 1. The van der Waals surface area contributed by atoms with Gasteiger partial charge in [0.15, 0.2) is 0 Å². The molecule has 4 rings (SSSR count). The summed E-state index contributed by atoms with van der Waals surface area (Å²) in [6.07, 6.45) is 9.23. The molecule has 4 nitrogen and oxygen atoms in total. The van der Waals surface area contributed by atoms with Crippen molar-refractivity contribution in [2.24, 2.45) is 11.3 Å². The Labute approximate surface area is 198 Å². The summed E-state index contributed by atoms with van der Waals surface area (Å²) in [5, 5.41) is 0. The number of carbonyl (C=O) groups excluding carboxylic acids is 2. The molecule has 2 aromatic rings. The molecule has 1 saturated heterocycles. The number of carbonyl (C=O) groups is 2. The van der Waals surface area contributed by atoms with E-state index in [0.29, 0.717) is 32.4 Å². The lowest BCUT2D eigenvalue weighted by atomic mass is 9.72. The molecule has 0 bridgehead atoms. The molecule has 1 aliphatic heterocycles. The van der Waals surface area contributed by atoms with Crippen LogP contribution in [0.3, 0.4) is 0 Å². The first-order valence-corrected chi connectivity index (χ1v) is 12.2. The highest BCUT2D eigenvalue weighted by molar-refractivity contribution is 5.84. The number of hydrogen-bond donors (Lipinski definition) is 0. The number of aryl methyl sites for hydroxylation is 1. The lowest BCUT2D eigenvalue weighted by Crippen LogP contribution is -2.52. The fourth-order valence-corrected chi connectivity index (χ4v) is 5.51. The molecule has 0 spiro atoms. The van der Waals surface area contributed by atoms with Crippen LogP contribution < -0.4 is 0 Å². The van der Waals surface area contributed by atoms with Crippen molar-refractivity contribution in [3.05, 3.63) is 71.8 Å². The van der Waals surface area contributed by atoms with Crippen molar-refractivity contribution in [1.29, 1.82) is 0 Å². The number of allylic oxidation sites excluding steroid dienone is 2. The van der Waals surface area contributed by atoms with E-state index in [-0.39, 0.29) is 17.7 Å². The highest BCUT2D eigenvalue weighted by atomic mass is 16.2. The Hall–Kier alpha value is -2.88. The van der Waals surface area contributed by atoms with Gasteiger partial charge in [-0.15, -0.1) is 0 Å². The van der Waals surface area contributed by atoms with Crippen molar-refractivity contribution in [2.45, 2.75) is 45.4 Å². The van der Waals surface area contributed by atoms with Crippen LogP contribution in [0.15, 0.2) is 60.7 Å². The van der Waals surface area contributed by atoms with E-state index >= 15 is 0 Å². The fraction of sp³-hybridized carbons (Fsp3) is 0.448. The Bertz CT molecular complexity index is 1030. The van der Waals surface area contributed by atoms with Gasteiger partial charge >= 0.3 is 0 Å². The maximum absolute atomic E-state index is 13.4. The summed E-state index contributed by atoms with van der Waals surface area (Å²) < 4.78 is 0. The van der Waals surface area contributed by atoms with Gasteiger partial charge in [0.05, 0.1) is 5.41 Å². The van der Waals surface area contributed by atoms with Gasteiger partial charge in [-0.3, -0.25) is 9.59 Å². The molecular formula is C29H36N2O2. The zero-order valence-corrected chi connectivity index (χ0v) is 20.2. The summed E-state index contributed by atoms with van der Waals surface area (Å²) in [6.45, 7) is 3.46. The van der Waals surface area contributed by atoms with E-state index in [1.54, 1.807) is 4.90 Å². The molecule has 2 aliphatic rings. The molecule has 1 fully saturated rings. The normalized spacial score (nSPS) is 19.8. The highest BCUT2D eigenvalue weighted by Crippen LogP contribution is 2.38. The summed E-state index contributed by atoms with van der Waals surface area (Å²) in [6, 6.07) is 17.0. The Balaban J connectivity index is 1.54. The van der Waals surface area contributed by atoms with Crippen molar-refractivity contribution >= 4 is 11.8 Å². The quantitative estimate of drug-likeness (QED) is 0.591. The van der Waals surface area contributed by atoms with Crippen molar-refractivity contribution in [3.8, 4) is 11.1 Å². The van der Waals surface area contributed by atoms with Gasteiger partial charge in [-0.05, 0) is 67.7 Å². The van der Waals surface area contributed by atoms with E-state index in [4.69, 9.17) is 0 Å². The van der Waals surface area contributed by atoms with E-state index in [0.717, 1.165) is 19.3 Å². The number of amides is 2. The molecule has 174 valence electrons. The summed E-state index contributed by atoms with van der Waals surface area (Å²) in [7, 11) is 3.69. The molecule has 33 heavy (non-hydrogen) atoms. The SMILES string of the molecule is Cc1ccccc1-c1cccc(CC2(C(=O)N(C)C)CCN(C(=O)C3CC=CCC3)CC2)c1. The predicted octanol–water partition coefficient (Wildman–Crippen LogP) is 5.26. The van der Waals surface area contributed by atoms with Crippen LogP contribution in [0.5, 0.6) is 0 Å². The average molecular weight is 445 g/mol. The number of nitrogens with zero attached hydrogens (tertiary/aromatic N) is 2. The Morgan fingerprint density at radius 1 is 1.03 bits per heavy atom. The van der Waals surface area contributed by atoms with Crippen molar-refractivity contribution < 1.29 is 9.59 Å². The molecule has 1 unspecified atom stereocenters. The first-order chi connectivity index (χ1) is 15.9. The first-order valence-electron chi connectivity index (χ1n) is 12.2. The van der Waals surface area contributed by atoms with Crippen LogP contribution in [-0.2, 0) is 16.0 Å². The monoisotopic (exact) mass is 444 g/mol. The first kappa shape index (κ1) is 23.3. The summed E-state index contributed by atoms with van der Waals surface area (Å²) >= 11 is 0. The lowest BCUT2D eigenvalue weighted by Gasteiger charge is -2.43. The predicted molar refractivity (Wildman–Crippen MR) is 134 cm³/mol. The molecule has 0 N–H and O–H groups in total. The number of rotatable bonds is 5. The molecule has 0 aromatic heterocycles. The van der Waals surface area contributed by atoms with E-state index in [9.17, 15) is 9.59 Å². The fourth-order valence-electron chi connectivity index (χ4n) is 5.51. The molecule has 1 heterocycles. The topological polar surface area (TPSA) is 40.6 Å². The molecule has 4 heteroatoms. The smallest absolute Gasteiger partial charge is 0.228 e. The minimum absolute atomic E-state index is 0.109. The molecular weight excluding hydrogens is 408 g/mol. The summed E-state index contributed by atoms with van der Waals surface area (Å²) in [5.74, 6) is 0.557. The van der Waals surface area contributed by atoms with Crippen LogP contribution in [0.25, 0.3) is 11.1 Å². The lowest BCUT2D eigenvalue weighted by molar-refractivity contribution is -0.147. The van der Waals surface area contributed by atoms with Gasteiger partial charge in [0.1, 0.15) is 0 Å². The Morgan fingerprint density at radius 2 is 1.79 bits per heavy atom. The second kappa shape index (κ2) is 9.94. The van der Waals surface area contributed by atoms with Gasteiger partial charge in [0.25, 0.3) is 0 Å². The highest BCUT2D eigenvalue weighted by Gasteiger charge is 2.43. The third kappa shape index (κ3) is 5.05. The van der Waals surface area contributed by atoms with E-state index in [1.807, 2.05) is 19.0 Å². The standard InChI is InChI=1S/C29H36N2O2/c1-22-10-7-8-15-26(22)25-14-9-11-23(20-25)21-29(28(33)30(2)3)16-18-31(19-17-29)27(32)24-12-5-4-6-13-24/h4-5,7-11,14-15,20,24H,6,12-13,16-19,21H2,1-3H3. The number of hydrogen-bond acceptors (Lipinski definition) is 2. The third-order valence-corrected chi connectivity index (χ3v) is 7.44. The van der Waals surface area contributed by atoms with Gasteiger partial charge in [0.2, 0.25) is 11.8 Å². The average Bonchev–Trinajstić information content (AvgIpc) is 2.84. The molecule has 1 atom stereocenters. The second-order valence-corrected chi connectivity index (χ2v) is 9.98. The molecule has 1 aliphatic carbocycles. The van der Waals surface area contributed by atoms with Crippen molar-refractivity contribution in [1.82, 2.24) is 9.80 Å². The largest absolute Gasteiger partial charge is 0.348 e. The zero-order valence-electron chi connectivity index (χ0n) is 20.2. The Kier molecular flexibility index (Phi) is 7.02. The van der Waals surface area contributed by atoms with E-state index < -0.39 is 5.41 Å². The maximum Gasteiger partial charge on any atom is 0.228 e. The van der Waals surface area contributed by atoms with Crippen LogP contribution in [0.1, 0.15) is 43.2 Å². The molecule has 2 amide bonds. The van der Waals surface area contributed by atoms with Crippen molar-refractivity contribution in [3.63, 3.8) is 0 Å². The van der Waals surface area contributed by atoms with E-state index in [2.05, 4.69) is 67.6 Å². The van der Waals surface area contributed by atoms with Gasteiger partial charge < -0.3 is 9.80 Å². The van der Waals surface area contributed by atoms with Crippen LogP contribution in [0, 0.1) is 18.3 Å². The maximum atomic E-state index is 13.4. The molecule has 0 saturated carbocycles. The number of benzene rings is 2. The minimum atomic E-state index is -0.461. The van der Waals surface area contributed by atoms with Gasteiger partial charge in [-0.25, -0.2) is 0 Å². The van der Waals surface area contributed by atoms with E-state index in [1.165, 1.54) is 22.3 Å². The molecule has 2 aromatic carbocycles. The van der Waals surface area contributed by atoms with Crippen LogP contribution >= 0.6 is 0 Å². The van der Waals surface area contributed by atoms with Crippen LogP contribution in [0.4, 0.5) is 0 Å². The number of likely N-dealkylation sites (tertiary alicyclic amines) is 1. The van der Waals surface area contributed by atoms with Gasteiger partial charge in [-0.1, -0.05) is 60.7 Å². The van der Waals surface area contributed by atoms with Gasteiger partial charge in [-0.2, -0.15) is 0 Å².